The predicted octanol–water partition coefficient (Wildman–Crippen LogP) is 3.67. The fourth-order valence-corrected chi connectivity index (χ4v) is 2.28. The van der Waals surface area contributed by atoms with Crippen LogP contribution in [0.4, 0.5) is 0 Å². The van der Waals surface area contributed by atoms with Crippen LogP contribution in [0.25, 0.3) is 0 Å². The van der Waals surface area contributed by atoms with E-state index in [0.29, 0.717) is 12.6 Å². The second kappa shape index (κ2) is 10.4. The van der Waals surface area contributed by atoms with Crippen LogP contribution < -0.4 is 10.6 Å². The number of carbonyl (C=O) groups is 1. The van der Waals surface area contributed by atoms with Crippen LogP contribution in [0.3, 0.4) is 0 Å². The lowest BCUT2D eigenvalue weighted by Crippen LogP contribution is -2.35. The molecule has 0 bridgehead atoms. The van der Waals surface area contributed by atoms with E-state index in [4.69, 9.17) is 0 Å². The van der Waals surface area contributed by atoms with Crippen LogP contribution in [-0.4, -0.2) is 25.0 Å². The maximum absolute atomic E-state index is 11.9. The van der Waals surface area contributed by atoms with Crippen molar-refractivity contribution in [2.24, 2.45) is 0 Å². The standard InChI is InChI=1S/C18H30N2O/c1-4-5-6-7-8-16(3)19-13-14-20-18(21)17-11-9-15(2)10-12-17/h9-12,16,19H,4-8,13-14H2,1-3H3,(H,20,21). The van der Waals surface area contributed by atoms with Crippen LogP contribution in [0.1, 0.15) is 61.9 Å². The van der Waals surface area contributed by atoms with Crippen LogP contribution in [0, 0.1) is 6.92 Å². The lowest BCUT2D eigenvalue weighted by molar-refractivity contribution is 0.0953. The van der Waals surface area contributed by atoms with Gasteiger partial charge in [-0.2, -0.15) is 0 Å². The molecule has 21 heavy (non-hydrogen) atoms. The van der Waals surface area contributed by atoms with Gasteiger partial charge in [0.1, 0.15) is 0 Å². The van der Waals surface area contributed by atoms with Gasteiger partial charge in [0.05, 0.1) is 0 Å². The predicted molar refractivity (Wildman–Crippen MR) is 89.7 cm³/mol. The van der Waals surface area contributed by atoms with Crippen molar-refractivity contribution in [1.82, 2.24) is 10.6 Å². The topological polar surface area (TPSA) is 41.1 Å². The van der Waals surface area contributed by atoms with Crippen molar-refractivity contribution in [1.29, 1.82) is 0 Å². The maximum atomic E-state index is 11.9. The lowest BCUT2D eigenvalue weighted by Gasteiger charge is -2.14. The molecule has 0 heterocycles. The second-order valence-corrected chi connectivity index (χ2v) is 5.83. The third-order valence-corrected chi connectivity index (χ3v) is 3.71. The van der Waals surface area contributed by atoms with E-state index in [0.717, 1.165) is 12.1 Å². The molecule has 1 aromatic rings. The molecule has 1 aromatic carbocycles. The van der Waals surface area contributed by atoms with E-state index in [1.54, 1.807) is 0 Å². The summed E-state index contributed by atoms with van der Waals surface area (Å²) < 4.78 is 0. The Kier molecular flexibility index (Phi) is 8.76. The summed E-state index contributed by atoms with van der Waals surface area (Å²) in [5.41, 5.74) is 1.90. The quantitative estimate of drug-likeness (QED) is 0.645. The van der Waals surface area contributed by atoms with Gasteiger partial charge in [-0.1, -0.05) is 50.3 Å². The minimum absolute atomic E-state index is 0.00685. The van der Waals surface area contributed by atoms with E-state index in [1.165, 1.54) is 37.7 Å². The molecule has 0 radical (unpaired) electrons. The molecule has 1 rings (SSSR count). The average Bonchev–Trinajstić information content (AvgIpc) is 2.48. The maximum Gasteiger partial charge on any atom is 0.251 e. The summed E-state index contributed by atoms with van der Waals surface area (Å²) in [4.78, 5) is 11.9. The number of hydrogen-bond acceptors (Lipinski definition) is 2. The van der Waals surface area contributed by atoms with E-state index in [-0.39, 0.29) is 5.91 Å². The molecule has 0 aliphatic rings. The normalized spacial score (nSPS) is 12.1. The Hall–Kier alpha value is -1.35. The highest BCUT2D eigenvalue weighted by Gasteiger charge is 2.04. The minimum atomic E-state index is 0.00685. The number of aryl methyl sites for hydroxylation is 1. The Bertz CT molecular complexity index is 400. The third-order valence-electron chi connectivity index (χ3n) is 3.71. The van der Waals surface area contributed by atoms with Gasteiger partial charge in [-0.3, -0.25) is 4.79 Å². The van der Waals surface area contributed by atoms with Crippen LogP contribution in [0.5, 0.6) is 0 Å². The Balaban J connectivity index is 2.10. The van der Waals surface area contributed by atoms with E-state index in [1.807, 2.05) is 31.2 Å². The molecule has 3 nitrogen and oxygen atoms in total. The minimum Gasteiger partial charge on any atom is -0.351 e. The molecule has 1 amide bonds. The van der Waals surface area contributed by atoms with Gasteiger partial charge in [0.2, 0.25) is 0 Å². The van der Waals surface area contributed by atoms with Gasteiger partial charge in [0.25, 0.3) is 5.91 Å². The Morgan fingerprint density at radius 1 is 1.10 bits per heavy atom. The largest absolute Gasteiger partial charge is 0.351 e. The number of carbonyl (C=O) groups excluding carboxylic acids is 1. The summed E-state index contributed by atoms with van der Waals surface area (Å²) in [6.07, 6.45) is 6.45. The highest BCUT2D eigenvalue weighted by atomic mass is 16.1. The highest BCUT2D eigenvalue weighted by molar-refractivity contribution is 5.94. The van der Waals surface area contributed by atoms with Crippen LogP contribution in [0.2, 0.25) is 0 Å². The lowest BCUT2D eigenvalue weighted by atomic mass is 10.1. The van der Waals surface area contributed by atoms with E-state index in [9.17, 15) is 4.79 Å². The number of hydrogen-bond donors (Lipinski definition) is 2. The van der Waals surface area contributed by atoms with Crippen molar-refractivity contribution < 1.29 is 4.79 Å². The number of amides is 1. The first-order valence-corrected chi connectivity index (χ1v) is 8.21. The molecule has 0 aliphatic carbocycles. The Morgan fingerprint density at radius 3 is 2.48 bits per heavy atom. The molecule has 1 atom stereocenters. The van der Waals surface area contributed by atoms with Gasteiger partial charge >= 0.3 is 0 Å². The van der Waals surface area contributed by atoms with Crippen molar-refractivity contribution >= 4 is 5.91 Å². The molecular weight excluding hydrogens is 260 g/mol. The van der Waals surface area contributed by atoms with Crippen molar-refractivity contribution in [2.45, 2.75) is 58.9 Å². The van der Waals surface area contributed by atoms with E-state index >= 15 is 0 Å². The highest BCUT2D eigenvalue weighted by Crippen LogP contribution is 2.05. The van der Waals surface area contributed by atoms with Gasteiger partial charge in [0, 0.05) is 24.7 Å². The van der Waals surface area contributed by atoms with Gasteiger partial charge < -0.3 is 10.6 Å². The molecule has 3 heteroatoms. The molecule has 0 spiro atoms. The van der Waals surface area contributed by atoms with Crippen LogP contribution >= 0.6 is 0 Å². The molecule has 0 aromatic heterocycles. The number of nitrogens with one attached hydrogen (secondary N) is 2. The molecule has 0 aliphatic heterocycles. The number of benzene rings is 1. The zero-order valence-corrected chi connectivity index (χ0v) is 13.7. The van der Waals surface area contributed by atoms with Gasteiger partial charge in [-0.05, 0) is 32.4 Å². The molecule has 118 valence electrons. The molecular formula is C18H30N2O. The zero-order valence-electron chi connectivity index (χ0n) is 13.7. The summed E-state index contributed by atoms with van der Waals surface area (Å²) >= 11 is 0. The molecule has 0 saturated heterocycles. The summed E-state index contributed by atoms with van der Waals surface area (Å²) in [6, 6.07) is 8.19. The average molecular weight is 290 g/mol. The fraction of sp³-hybridized carbons (Fsp3) is 0.611. The molecule has 0 fully saturated rings. The van der Waals surface area contributed by atoms with Crippen molar-refractivity contribution in [3.8, 4) is 0 Å². The van der Waals surface area contributed by atoms with Crippen LogP contribution in [-0.2, 0) is 0 Å². The SMILES string of the molecule is CCCCCCC(C)NCCNC(=O)c1ccc(C)cc1. The summed E-state index contributed by atoms with van der Waals surface area (Å²) in [5.74, 6) is 0.00685. The monoisotopic (exact) mass is 290 g/mol. The third kappa shape index (κ3) is 7.86. The zero-order chi connectivity index (χ0) is 15.5. The van der Waals surface area contributed by atoms with Gasteiger partial charge in [0.15, 0.2) is 0 Å². The van der Waals surface area contributed by atoms with E-state index < -0.39 is 0 Å². The number of rotatable bonds is 10. The van der Waals surface area contributed by atoms with Crippen molar-refractivity contribution in [3.05, 3.63) is 35.4 Å². The fourth-order valence-electron chi connectivity index (χ4n) is 2.28. The first kappa shape index (κ1) is 17.7. The molecule has 1 unspecified atom stereocenters. The number of unbranched alkanes of at least 4 members (excludes halogenated alkanes) is 3. The van der Waals surface area contributed by atoms with Gasteiger partial charge in [-0.25, -0.2) is 0 Å². The first-order valence-electron chi connectivity index (χ1n) is 8.21. The van der Waals surface area contributed by atoms with Crippen molar-refractivity contribution in [3.63, 3.8) is 0 Å². The van der Waals surface area contributed by atoms with E-state index in [2.05, 4.69) is 24.5 Å². The summed E-state index contributed by atoms with van der Waals surface area (Å²) in [7, 11) is 0. The first-order chi connectivity index (χ1) is 10.1. The smallest absolute Gasteiger partial charge is 0.251 e. The van der Waals surface area contributed by atoms with Crippen molar-refractivity contribution in [2.75, 3.05) is 13.1 Å². The Morgan fingerprint density at radius 2 is 1.81 bits per heavy atom. The summed E-state index contributed by atoms with van der Waals surface area (Å²) in [6.45, 7) is 7.97. The van der Waals surface area contributed by atoms with Gasteiger partial charge in [-0.15, -0.1) is 0 Å². The summed E-state index contributed by atoms with van der Waals surface area (Å²) in [5, 5.41) is 6.41. The Labute approximate surface area is 129 Å². The van der Waals surface area contributed by atoms with Crippen LogP contribution in [0.15, 0.2) is 24.3 Å². The molecule has 2 N–H and O–H groups in total. The second-order valence-electron chi connectivity index (χ2n) is 5.83. The molecule has 0 saturated carbocycles.